The highest BCUT2D eigenvalue weighted by atomic mass is 16.1. The van der Waals surface area contributed by atoms with E-state index in [0.717, 1.165) is 30.5 Å². The molecule has 82 valence electrons. The summed E-state index contributed by atoms with van der Waals surface area (Å²) in [5.41, 5.74) is 1.68. The third kappa shape index (κ3) is 3.05. The van der Waals surface area contributed by atoms with E-state index in [9.17, 15) is 4.79 Å². The first kappa shape index (κ1) is 11.7. The van der Waals surface area contributed by atoms with Crippen LogP contribution < -0.4 is 5.56 Å². The second-order valence-corrected chi connectivity index (χ2v) is 3.67. The summed E-state index contributed by atoms with van der Waals surface area (Å²) in [6.45, 7) is 7.61. The molecule has 0 aliphatic carbocycles. The van der Waals surface area contributed by atoms with Gasteiger partial charge < -0.3 is 4.98 Å². The number of hydrogen-bond donors (Lipinski definition) is 1. The first-order valence-corrected chi connectivity index (χ1v) is 5.38. The van der Waals surface area contributed by atoms with Gasteiger partial charge in [-0.3, -0.25) is 4.79 Å². The molecule has 1 heterocycles. The van der Waals surface area contributed by atoms with E-state index < -0.39 is 0 Å². The summed E-state index contributed by atoms with van der Waals surface area (Å²) in [4.78, 5) is 18.8. The number of nitrogens with one attached hydrogen (secondary N) is 1. The van der Waals surface area contributed by atoms with Crippen molar-refractivity contribution in [2.45, 2.75) is 39.5 Å². The topological polar surface area (TPSA) is 45.8 Å². The Morgan fingerprint density at radius 3 is 2.87 bits per heavy atom. The molecular formula is C12H18N2O. The molecule has 0 aromatic carbocycles. The van der Waals surface area contributed by atoms with Crippen LogP contribution in [-0.2, 0) is 12.8 Å². The Hall–Kier alpha value is -1.38. The molecule has 1 aromatic heterocycles. The zero-order valence-corrected chi connectivity index (χ0v) is 9.47. The van der Waals surface area contributed by atoms with Gasteiger partial charge in [-0.25, -0.2) is 4.98 Å². The van der Waals surface area contributed by atoms with E-state index in [1.807, 2.05) is 6.92 Å². The molecule has 0 atom stereocenters. The highest BCUT2D eigenvalue weighted by Gasteiger charge is 2.07. The lowest BCUT2D eigenvalue weighted by molar-refractivity contribution is 0.753. The second-order valence-electron chi connectivity index (χ2n) is 3.67. The molecule has 0 bridgehead atoms. The van der Waals surface area contributed by atoms with Gasteiger partial charge in [0.2, 0.25) is 0 Å². The van der Waals surface area contributed by atoms with E-state index in [-0.39, 0.29) is 5.56 Å². The number of hydrogen-bond acceptors (Lipinski definition) is 2. The Labute approximate surface area is 90.3 Å². The largest absolute Gasteiger partial charge is 0.311 e. The van der Waals surface area contributed by atoms with E-state index in [4.69, 9.17) is 0 Å². The van der Waals surface area contributed by atoms with Crippen molar-refractivity contribution in [3.63, 3.8) is 0 Å². The Morgan fingerprint density at radius 2 is 2.27 bits per heavy atom. The highest BCUT2D eigenvalue weighted by Crippen LogP contribution is 2.06. The van der Waals surface area contributed by atoms with Crippen molar-refractivity contribution >= 4 is 0 Å². The summed E-state index contributed by atoms with van der Waals surface area (Å²) < 4.78 is 0. The van der Waals surface area contributed by atoms with E-state index in [1.54, 1.807) is 6.08 Å². The van der Waals surface area contributed by atoms with Crippen molar-refractivity contribution in [2.24, 2.45) is 0 Å². The van der Waals surface area contributed by atoms with Gasteiger partial charge in [-0.05, 0) is 26.2 Å². The van der Waals surface area contributed by atoms with Gasteiger partial charge in [-0.15, -0.1) is 6.58 Å². The third-order valence-electron chi connectivity index (χ3n) is 2.34. The standard InChI is InChI=1S/C12H18N2O/c1-4-6-8-11-10(7-5-2)12(15)14-9(3)13-11/h5H,2,4,6-8H2,1,3H3,(H,13,14,15). The number of H-pyrrole nitrogens is 1. The van der Waals surface area contributed by atoms with Crippen molar-refractivity contribution in [1.29, 1.82) is 0 Å². The van der Waals surface area contributed by atoms with Gasteiger partial charge in [-0.1, -0.05) is 19.4 Å². The molecule has 0 amide bonds. The zero-order chi connectivity index (χ0) is 11.3. The summed E-state index contributed by atoms with van der Waals surface area (Å²) in [7, 11) is 0. The van der Waals surface area contributed by atoms with Crippen LogP contribution in [0.25, 0.3) is 0 Å². The number of aryl methyl sites for hydroxylation is 2. The lowest BCUT2D eigenvalue weighted by Gasteiger charge is -2.06. The molecule has 0 saturated carbocycles. The molecule has 0 radical (unpaired) electrons. The number of aromatic amines is 1. The molecular weight excluding hydrogens is 188 g/mol. The van der Waals surface area contributed by atoms with E-state index >= 15 is 0 Å². The Morgan fingerprint density at radius 1 is 1.53 bits per heavy atom. The van der Waals surface area contributed by atoms with Crippen LogP contribution in [0.4, 0.5) is 0 Å². The molecule has 15 heavy (non-hydrogen) atoms. The maximum absolute atomic E-state index is 11.7. The summed E-state index contributed by atoms with van der Waals surface area (Å²) >= 11 is 0. The quantitative estimate of drug-likeness (QED) is 0.750. The minimum absolute atomic E-state index is 0.0199. The Balaban J connectivity index is 3.08. The molecule has 0 aliphatic heterocycles. The Kier molecular flexibility index (Phi) is 4.28. The van der Waals surface area contributed by atoms with Crippen molar-refractivity contribution in [3.8, 4) is 0 Å². The van der Waals surface area contributed by atoms with Gasteiger partial charge in [0, 0.05) is 5.56 Å². The third-order valence-corrected chi connectivity index (χ3v) is 2.34. The summed E-state index contributed by atoms with van der Waals surface area (Å²) in [6, 6.07) is 0. The fourth-order valence-electron chi connectivity index (χ4n) is 1.57. The fourth-order valence-corrected chi connectivity index (χ4v) is 1.57. The molecule has 0 saturated heterocycles. The van der Waals surface area contributed by atoms with Gasteiger partial charge in [0.25, 0.3) is 5.56 Å². The molecule has 0 aliphatic rings. The van der Waals surface area contributed by atoms with Crippen LogP contribution in [-0.4, -0.2) is 9.97 Å². The maximum atomic E-state index is 11.7. The number of allylic oxidation sites excluding steroid dienone is 1. The van der Waals surface area contributed by atoms with Crippen LogP contribution in [0.2, 0.25) is 0 Å². The monoisotopic (exact) mass is 206 g/mol. The lowest BCUT2D eigenvalue weighted by Crippen LogP contribution is -2.18. The molecule has 0 fully saturated rings. The average molecular weight is 206 g/mol. The van der Waals surface area contributed by atoms with Crippen LogP contribution >= 0.6 is 0 Å². The van der Waals surface area contributed by atoms with Crippen molar-refractivity contribution in [3.05, 3.63) is 40.1 Å². The van der Waals surface area contributed by atoms with Crippen LogP contribution in [0.3, 0.4) is 0 Å². The van der Waals surface area contributed by atoms with Gasteiger partial charge in [0.1, 0.15) is 5.82 Å². The predicted octanol–water partition coefficient (Wildman–Crippen LogP) is 2.15. The maximum Gasteiger partial charge on any atom is 0.254 e. The van der Waals surface area contributed by atoms with E-state index in [0.29, 0.717) is 12.2 Å². The average Bonchev–Trinajstić information content (AvgIpc) is 2.19. The number of rotatable bonds is 5. The van der Waals surface area contributed by atoms with Gasteiger partial charge in [0.15, 0.2) is 0 Å². The lowest BCUT2D eigenvalue weighted by atomic mass is 10.1. The minimum atomic E-state index is -0.0199. The van der Waals surface area contributed by atoms with Gasteiger partial charge >= 0.3 is 0 Å². The van der Waals surface area contributed by atoms with Crippen LogP contribution in [0.5, 0.6) is 0 Å². The SMILES string of the molecule is C=CCc1c(CCCC)nc(C)[nH]c1=O. The fraction of sp³-hybridized carbons (Fsp3) is 0.500. The van der Waals surface area contributed by atoms with Crippen molar-refractivity contribution in [1.82, 2.24) is 9.97 Å². The first-order chi connectivity index (χ1) is 7.19. The summed E-state index contributed by atoms with van der Waals surface area (Å²) in [6.07, 6.45) is 5.41. The van der Waals surface area contributed by atoms with Gasteiger partial charge in [0.05, 0.1) is 5.69 Å². The highest BCUT2D eigenvalue weighted by molar-refractivity contribution is 5.20. The summed E-state index contributed by atoms with van der Waals surface area (Å²) in [5, 5.41) is 0. The van der Waals surface area contributed by atoms with Crippen LogP contribution in [0.15, 0.2) is 17.4 Å². The minimum Gasteiger partial charge on any atom is -0.311 e. The smallest absolute Gasteiger partial charge is 0.254 e. The number of aromatic nitrogens is 2. The first-order valence-electron chi connectivity index (χ1n) is 5.38. The molecule has 0 unspecified atom stereocenters. The normalized spacial score (nSPS) is 10.3. The Bertz CT molecular complexity index is 393. The molecule has 1 rings (SSSR count). The molecule has 1 aromatic rings. The van der Waals surface area contributed by atoms with Crippen molar-refractivity contribution < 1.29 is 0 Å². The molecule has 3 nitrogen and oxygen atoms in total. The molecule has 1 N–H and O–H groups in total. The van der Waals surface area contributed by atoms with E-state index in [2.05, 4.69) is 23.5 Å². The van der Waals surface area contributed by atoms with Crippen LogP contribution in [0.1, 0.15) is 36.8 Å². The van der Waals surface area contributed by atoms with Gasteiger partial charge in [-0.2, -0.15) is 0 Å². The second kappa shape index (κ2) is 5.49. The van der Waals surface area contributed by atoms with Crippen LogP contribution in [0, 0.1) is 6.92 Å². The summed E-state index contributed by atoms with van der Waals surface area (Å²) in [5.74, 6) is 0.693. The van der Waals surface area contributed by atoms with Crippen molar-refractivity contribution in [2.75, 3.05) is 0 Å². The zero-order valence-electron chi connectivity index (χ0n) is 9.47. The molecule has 3 heteroatoms. The number of unbranched alkanes of at least 4 members (excludes halogenated alkanes) is 1. The van der Waals surface area contributed by atoms with E-state index in [1.165, 1.54) is 0 Å². The predicted molar refractivity (Wildman–Crippen MR) is 62.1 cm³/mol. The molecule has 0 spiro atoms. The number of nitrogens with zero attached hydrogens (tertiary/aromatic N) is 1.